The first kappa shape index (κ1) is 12.5. The van der Waals surface area contributed by atoms with Crippen LogP contribution in [-0.2, 0) is 4.74 Å². The summed E-state index contributed by atoms with van der Waals surface area (Å²) in [5.41, 5.74) is 5.60. The molecule has 0 aromatic rings. The highest BCUT2D eigenvalue weighted by molar-refractivity contribution is 5.91. The first-order valence-corrected chi connectivity index (χ1v) is 4.56. The minimum Gasteiger partial charge on any atom is -0.505 e. The molecule has 0 fully saturated rings. The Balaban J connectivity index is 3.76. The number of ether oxygens (including phenoxy) is 1. The van der Waals surface area contributed by atoms with Gasteiger partial charge in [-0.3, -0.25) is 4.99 Å². The van der Waals surface area contributed by atoms with E-state index < -0.39 is 0 Å². The molecule has 0 aliphatic heterocycles. The van der Waals surface area contributed by atoms with E-state index in [1.54, 1.807) is 25.5 Å². The van der Waals surface area contributed by atoms with Gasteiger partial charge in [-0.2, -0.15) is 0 Å². The van der Waals surface area contributed by atoms with Gasteiger partial charge < -0.3 is 10.5 Å². The van der Waals surface area contributed by atoms with E-state index in [9.17, 15) is 0 Å². The Morgan fingerprint density at radius 1 is 1.36 bits per heavy atom. The van der Waals surface area contributed by atoms with Gasteiger partial charge in [-0.05, 0) is 25.5 Å². The van der Waals surface area contributed by atoms with Crippen LogP contribution in [0.4, 0.5) is 0 Å². The van der Waals surface area contributed by atoms with Crippen molar-refractivity contribution >= 4 is 5.84 Å². The third-order valence-corrected chi connectivity index (χ3v) is 1.41. The molecule has 0 aromatic heterocycles. The molecule has 14 heavy (non-hydrogen) atoms. The number of hydrogen-bond donors (Lipinski definition) is 1. The van der Waals surface area contributed by atoms with E-state index in [0.29, 0.717) is 12.4 Å². The molecular weight excluding hydrogens is 176 g/mol. The third-order valence-electron chi connectivity index (χ3n) is 1.41. The number of hydrogen-bond acceptors (Lipinski definition) is 2. The van der Waals surface area contributed by atoms with Crippen molar-refractivity contribution in [2.24, 2.45) is 10.7 Å². The first-order chi connectivity index (χ1) is 6.81. The van der Waals surface area contributed by atoms with Gasteiger partial charge in [0.25, 0.3) is 0 Å². The van der Waals surface area contributed by atoms with Gasteiger partial charge in [-0.25, -0.2) is 0 Å². The molecule has 0 heterocycles. The van der Waals surface area contributed by atoms with E-state index in [1.807, 2.05) is 19.1 Å². The molecule has 2 N–H and O–H groups in total. The van der Waals surface area contributed by atoms with E-state index in [4.69, 9.17) is 10.5 Å². The minimum absolute atomic E-state index is 0.537. The second-order valence-corrected chi connectivity index (χ2v) is 2.58. The summed E-state index contributed by atoms with van der Waals surface area (Å²) in [7, 11) is 1.60. The van der Waals surface area contributed by atoms with E-state index in [1.165, 1.54) is 0 Å². The summed E-state index contributed by atoms with van der Waals surface area (Å²) in [5, 5.41) is 0. The van der Waals surface area contributed by atoms with Gasteiger partial charge in [0.05, 0.1) is 19.9 Å². The zero-order chi connectivity index (χ0) is 10.6. The normalized spacial score (nSPS) is 13.4. The number of rotatable bonds is 6. The Morgan fingerprint density at radius 2 is 2.14 bits per heavy atom. The molecule has 0 atom stereocenters. The third kappa shape index (κ3) is 8.59. The molecule has 3 heteroatoms. The predicted octanol–water partition coefficient (Wildman–Crippen LogP) is 2.03. The van der Waals surface area contributed by atoms with Gasteiger partial charge in [-0.15, -0.1) is 0 Å². The van der Waals surface area contributed by atoms with Crippen LogP contribution in [0.3, 0.4) is 0 Å². The molecule has 0 radical (unpaired) electrons. The summed E-state index contributed by atoms with van der Waals surface area (Å²) in [5.74, 6) is 0.537. The van der Waals surface area contributed by atoms with Crippen LogP contribution in [0.1, 0.15) is 13.3 Å². The summed E-state index contributed by atoms with van der Waals surface area (Å²) in [6, 6.07) is 0. The highest BCUT2D eigenvalue weighted by Gasteiger charge is 1.80. The molecule has 0 saturated carbocycles. The maximum Gasteiger partial charge on any atom is 0.118 e. The lowest BCUT2D eigenvalue weighted by atomic mass is 10.3. The highest BCUT2D eigenvalue weighted by Crippen LogP contribution is 1.86. The van der Waals surface area contributed by atoms with Crippen LogP contribution in [0.25, 0.3) is 0 Å². The van der Waals surface area contributed by atoms with Crippen molar-refractivity contribution in [3.63, 3.8) is 0 Å². The van der Waals surface area contributed by atoms with Crippen LogP contribution < -0.4 is 5.73 Å². The molecule has 78 valence electrons. The largest absolute Gasteiger partial charge is 0.505 e. The highest BCUT2D eigenvalue weighted by atomic mass is 16.5. The van der Waals surface area contributed by atoms with E-state index in [0.717, 1.165) is 6.42 Å². The Morgan fingerprint density at radius 3 is 2.79 bits per heavy atom. The topological polar surface area (TPSA) is 47.6 Å². The molecule has 0 saturated heterocycles. The predicted molar refractivity (Wildman–Crippen MR) is 61.2 cm³/mol. The molecule has 0 amide bonds. The summed E-state index contributed by atoms with van der Waals surface area (Å²) >= 11 is 0. The van der Waals surface area contributed by atoms with Gasteiger partial charge in [-0.1, -0.05) is 18.2 Å². The SMILES string of the molecule is C/C=C\C/C=C\C(N)=NC/C=C/OC. The van der Waals surface area contributed by atoms with Crippen LogP contribution in [-0.4, -0.2) is 19.5 Å². The fourth-order valence-corrected chi connectivity index (χ4v) is 0.754. The molecule has 0 aliphatic rings. The summed E-state index contributed by atoms with van der Waals surface area (Å²) in [6.07, 6.45) is 12.1. The summed E-state index contributed by atoms with van der Waals surface area (Å²) in [6.45, 7) is 2.54. The smallest absolute Gasteiger partial charge is 0.118 e. The van der Waals surface area contributed by atoms with Crippen molar-refractivity contribution in [1.29, 1.82) is 0 Å². The van der Waals surface area contributed by atoms with E-state index in [2.05, 4.69) is 11.1 Å². The Labute approximate surface area is 85.7 Å². The summed E-state index contributed by atoms with van der Waals surface area (Å²) < 4.78 is 4.72. The monoisotopic (exact) mass is 194 g/mol. The van der Waals surface area contributed by atoms with E-state index in [-0.39, 0.29) is 0 Å². The quantitative estimate of drug-likeness (QED) is 0.304. The zero-order valence-corrected chi connectivity index (χ0v) is 8.81. The number of methoxy groups -OCH3 is 1. The maximum atomic E-state index is 5.60. The van der Waals surface area contributed by atoms with Crippen molar-refractivity contribution in [2.75, 3.05) is 13.7 Å². The number of amidine groups is 1. The standard InChI is InChI=1S/C11H18N2O/c1-3-4-5-6-8-11(12)13-9-7-10-14-2/h3-4,6-8,10H,5,9H2,1-2H3,(H2,12,13)/b4-3-,8-6-,10-7+. The number of aliphatic imine (C=N–C) groups is 1. The van der Waals surface area contributed by atoms with Gasteiger partial charge in [0.2, 0.25) is 0 Å². The maximum absolute atomic E-state index is 5.60. The fraction of sp³-hybridized carbons (Fsp3) is 0.364. The number of allylic oxidation sites excluding steroid dienone is 3. The summed E-state index contributed by atoms with van der Waals surface area (Å²) in [4.78, 5) is 4.08. The van der Waals surface area contributed by atoms with Crippen LogP contribution in [0.15, 0.2) is 41.6 Å². The molecule has 0 unspecified atom stereocenters. The molecule has 0 aromatic carbocycles. The van der Waals surface area contributed by atoms with Crippen molar-refractivity contribution in [2.45, 2.75) is 13.3 Å². The lowest BCUT2D eigenvalue weighted by molar-refractivity contribution is 0.337. The van der Waals surface area contributed by atoms with Gasteiger partial charge in [0.1, 0.15) is 5.84 Å². The average molecular weight is 194 g/mol. The van der Waals surface area contributed by atoms with Crippen LogP contribution in [0, 0.1) is 0 Å². The number of nitrogens with zero attached hydrogens (tertiary/aromatic N) is 1. The minimum atomic E-state index is 0.537. The average Bonchev–Trinajstić information content (AvgIpc) is 2.19. The van der Waals surface area contributed by atoms with Crippen molar-refractivity contribution < 1.29 is 4.74 Å². The second-order valence-electron chi connectivity index (χ2n) is 2.58. The molecule has 0 spiro atoms. The van der Waals surface area contributed by atoms with Crippen LogP contribution in [0.2, 0.25) is 0 Å². The Bertz CT molecular complexity index is 240. The lowest BCUT2D eigenvalue weighted by Gasteiger charge is -1.90. The fourth-order valence-electron chi connectivity index (χ4n) is 0.754. The van der Waals surface area contributed by atoms with Crippen molar-refractivity contribution in [1.82, 2.24) is 0 Å². The Kier molecular flexibility index (Phi) is 8.54. The van der Waals surface area contributed by atoms with Crippen LogP contribution >= 0.6 is 0 Å². The number of nitrogens with two attached hydrogens (primary N) is 1. The lowest BCUT2D eigenvalue weighted by Crippen LogP contribution is -2.07. The van der Waals surface area contributed by atoms with E-state index >= 15 is 0 Å². The Hall–Kier alpha value is -1.51. The van der Waals surface area contributed by atoms with Crippen LogP contribution in [0.5, 0.6) is 0 Å². The molecular formula is C11H18N2O. The van der Waals surface area contributed by atoms with Gasteiger partial charge in [0.15, 0.2) is 0 Å². The zero-order valence-electron chi connectivity index (χ0n) is 8.81. The molecule has 3 nitrogen and oxygen atoms in total. The van der Waals surface area contributed by atoms with Gasteiger partial charge >= 0.3 is 0 Å². The second kappa shape index (κ2) is 9.58. The molecule has 0 aliphatic carbocycles. The first-order valence-electron chi connectivity index (χ1n) is 4.56. The van der Waals surface area contributed by atoms with Gasteiger partial charge in [0, 0.05) is 0 Å². The molecule has 0 rings (SSSR count). The molecule has 0 bridgehead atoms. The van der Waals surface area contributed by atoms with Crippen molar-refractivity contribution in [3.05, 3.63) is 36.6 Å². The van der Waals surface area contributed by atoms with Crippen molar-refractivity contribution in [3.8, 4) is 0 Å².